The molecule has 1 aliphatic carbocycles. The van der Waals surface area contributed by atoms with Gasteiger partial charge in [0.2, 0.25) is 0 Å². The molecule has 1 aromatic rings. The SMILES string of the molecule is CCC1CCC(Nc2ccc([N+](=O)[O-])cc2N)C1C. The quantitative estimate of drug-likeness (QED) is 0.495. The molecule has 0 spiro atoms. The van der Waals surface area contributed by atoms with Crippen LogP contribution in [0.1, 0.15) is 33.1 Å². The number of nitro groups is 1. The molecule has 2 rings (SSSR count). The Bertz CT molecular complexity index is 476. The van der Waals surface area contributed by atoms with Crippen LogP contribution in [0.5, 0.6) is 0 Å². The van der Waals surface area contributed by atoms with Crippen molar-refractivity contribution in [1.82, 2.24) is 0 Å². The highest BCUT2D eigenvalue weighted by atomic mass is 16.6. The third kappa shape index (κ3) is 2.80. The van der Waals surface area contributed by atoms with Gasteiger partial charge in [-0.2, -0.15) is 0 Å². The predicted molar refractivity (Wildman–Crippen MR) is 77.1 cm³/mol. The van der Waals surface area contributed by atoms with Crippen LogP contribution in [0.3, 0.4) is 0 Å². The van der Waals surface area contributed by atoms with Crippen molar-refractivity contribution in [3.05, 3.63) is 28.3 Å². The van der Waals surface area contributed by atoms with Gasteiger partial charge < -0.3 is 11.1 Å². The van der Waals surface area contributed by atoms with Gasteiger partial charge >= 0.3 is 0 Å². The number of nitrogens with one attached hydrogen (secondary N) is 1. The van der Waals surface area contributed by atoms with Gasteiger partial charge in [0.05, 0.1) is 16.3 Å². The van der Waals surface area contributed by atoms with Gasteiger partial charge in [-0.05, 0) is 30.7 Å². The van der Waals surface area contributed by atoms with E-state index < -0.39 is 4.92 Å². The lowest BCUT2D eigenvalue weighted by Gasteiger charge is -2.22. The van der Waals surface area contributed by atoms with Crippen molar-refractivity contribution in [3.63, 3.8) is 0 Å². The summed E-state index contributed by atoms with van der Waals surface area (Å²) in [7, 11) is 0. The van der Waals surface area contributed by atoms with Gasteiger partial charge in [-0.1, -0.05) is 20.3 Å². The van der Waals surface area contributed by atoms with Gasteiger partial charge in [0.1, 0.15) is 0 Å². The molecule has 0 radical (unpaired) electrons. The molecule has 0 heterocycles. The normalized spacial score (nSPS) is 26.3. The van der Waals surface area contributed by atoms with Crippen LogP contribution in [0.4, 0.5) is 17.1 Å². The number of hydrogen-bond donors (Lipinski definition) is 2. The van der Waals surface area contributed by atoms with E-state index in [2.05, 4.69) is 19.2 Å². The fourth-order valence-electron chi connectivity index (χ4n) is 3.02. The Morgan fingerprint density at radius 3 is 2.74 bits per heavy atom. The van der Waals surface area contributed by atoms with Crippen molar-refractivity contribution >= 4 is 17.1 Å². The minimum Gasteiger partial charge on any atom is -0.397 e. The molecule has 0 aromatic heterocycles. The van der Waals surface area contributed by atoms with Crippen molar-refractivity contribution in [2.24, 2.45) is 11.8 Å². The van der Waals surface area contributed by atoms with E-state index in [-0.39, 0.29) is 5.69 Å². The Labute approximate surface area is 113 Å². The van der Waals surface area contributed by atoms with Crippen molar-refractivity contribution in [2.45, 2.75) is 39.2 Å². The third-order valence-corrected chi connectivity index (χ3v) is 4.34. The molecular weight excluding hydrogens is 242 g/mol. The fraction of sp³-hybridized carbons (Fsp3) is 0.571. The highest BCUT2D eigenvalue weighted by Crippen LogP contribution is 2.36. The second kappa shape index (κ2) is 5.47. The molecule has 19 heavy (non-hydrogen) atoms. The van der Waals surface area contributed by atoms with E-state index in [1.165, 1.54) is 25.0 Å². The summed E-state index contributed by atoms with van der Waals surface area (Å²) < 4.78 is 0. The zero-order chi connectivity index (χ0) is 14.0. The van der Waals surface area contributed by atoms with Crippen LogP contribution in [-0.2, 0) is 0 Å². The van der Waals surface area contributed by atoms with E-state index in [0.717, 1.165) is 18.0 Å². The molecule has 1 aromatic carbocycles. The summed E-state index contributed by atoms with van der Waals surface area (Å²) in [6.45, 7) is 4.49. The second-order valence-corrected chi connectivity index (χ2v) is 5.38. The maximum Gasteiger partial charge on any atom is 0.271 e. The number of anilines is 2. The lowest BCUT2D eigenvalue weighted by molar-refractivity contribution is -0.384. The smallest absolute Gasteiger partial charge is 0.271 e. The van der Waals surface area contributed by atoms with Crippen molar-refractivity contribution in [3.8, 4) is 0 Å². The van der Waals surface area contributed by atoms with Gasteiger partial charge in [0.15, 0.2) is 0 Å². The summed E-state index contributed by atoms with van der Waals surface area (Å²) in [6.07, 6.45) is 3.58. The molecule has 5 nitrogen and oxygen atoms in total. The molecule has 1 saturated carbocycles. The maximum absolute atomic E-state index is 10.7. The van der Waals surface area contributed by atoms with Crippen LogP contribution in [-0.4, -0.2) is 11.0 Å². The largest absolute Gasteiger partial charge is 0.397 e. The first kappa shape index (κ1) is 13.6. The Hall–Kier alpha value is -1.78. The molecule has 0 aliphatic heterocycles. The number of nitrogen functional groups attached to an aromatic ring is 1. The number of benzene rings is 1. The highest BCUT2D eigenvalue weighted by molar-refractivity contribution is 5.69. The average molecular weight is 263 g/mol. The monoisotopic (exact) mass is 263 g/mol. The van der Waals surface area contributed by atoms with E-state index >= 15 is 0 Å². The first-order valence-electron chi connectivity index (χ1n) is 6.83. The van der Waals surface area contributed by atoms with E-state index in [9.17, 15) is 10.1 Å². The zero-order valence-electron chi connectivity index (χ0n) is 11.4. The van der Waals surface area contributed by atoms with Gasteiger partial charge in [-0.3, -0.25) is 10.1 Å². The molecule has 1 fully saturated rings. The Kier molecular flexibility index (Phi) is 3.93. The number of rotatable bonds is 4. The van der Waals surface area contributed by atoms with Gasteiger partial charge in [0.25, 0.3) is 5.69 Å². The molecule has 5 heteroatoms. The highest BCUT2D eigenvalue weighted by Gasteiger charge is 2.31. The van der Waals surface area contributed by atoms with E-state index in [4.69, 9.17) is 5.73 Å². The molecule has 3 N–H and O–H groups in total. The van der Waals surface area contributed by atoms with Crippen molar-refractivity contribution < 1.29 is 4.92 Å². The summed E-state index contributed by atoms with van der Waals surface area (Å²) in [6, 6.07) is 5.03. The lowest BCUT2D eigenvalue weighted by atomic mass is 9.93. The molecule has 0 saturated heterocycles. The Morgan fingerprint density at radius 1 is 1.47 bits per heavy atom. The van der Waals surface area contributed by atoms with Gasteiger partial charge in [-0.15, -0.1) is 0 Å². The van der Waals surface area contributed by atoms with Crippen LogP contribution >= 0.6 is 0 Å². The van der Waals surface area contributed by atoms with Crippen LogP contribution < -0.4 is 11.1 Å². The summed E-state index contributed by atoms with van der Waals surface area (Å²) in [5.74, 6) is 1.37. The minimum absolute atomic E-state index is 0.0361. The number of nitrogens with two attached hydrogens (primary N) is 1. The lowest BCUT2D eigenvalue weighted by Crippen LogP contribution is -2.25. The van der Waals surface area contributed by atoms with E-state index in [0.29, 0.717) is 17.6 Å². The predicted octanol–water partition coefficient (Wildman–Crippen LogP) is 3.41. The summed E-state index contributed by atoms with van der Waals surface area (Å²) >= 11 is 0. The molecule has 1 aliphatic rings. The molecule has 104 valence electrons. The Morgan fingerprint density at radius 2 is 2.21 bits per heavy atom. The van der Waals surface area contributed by atoms with E-state index in [1.807, 2.05) is 0 Å². The first-order valence-corrected chi connectivity index (χ1v) is 6.83. The van der Waals surface area contributed by atoms with Crippen LogP contribution in [0, 0.1) is 22.0 Å². The maximum atomic E-state index is 10.7. The summed E-state index contributed by atoms with van der Waals surface area (Å²) in [5, 5.41) is 14.1. The van der Waals surface area contributed by atoms with Crippen molar-refractivity contribution in [1.29, 1.82) is 0 Å². The number of nitro benzene ring substituents is 1. The molecular formula is C14H21N3O2. The molecule has 3 atom stereocenters. The van der Waals surface area contributed by atoms with Crippen LogP contribution in [0.2, 0.25) is 0 Å². The summed E-state index contributed by atoms with van der Waals surface area (Å²) in [4.78, 5) is 10.2. The van der Waals surface area contributed by atoms with Crippen LogP contribution in [0.15, 0.2) is 18.2 Å². The molecule has 0 amide bonds. The van der Waals surface area contributed by atoms with Crippen molar-refractivity contribution in [2.75, 3.05) is 11.1 Å². The third-order valence-electron chi connectivity index (χ3n) is 4.34. The fourth-order valence-corrected chi connectivity index (χ4v) is 3.02. The zero-order valence-corrected chi connectivity index (χ0v) is 11.4. The standard InChI is InChI=1S/C14H21N3O2/c1-3-10-4-6-13(9(10)2)16-14-7-5-11(17(18)19)8-12(14)15/h5,7-10,13,16H,3-4,6,15H2,1-2H3. The Balaban J connectivity index is 2.10. The topological polar surface area (TPSA) is 81.2 Å². The van der Waals surface area contributed by atoms with E-state index in [1.54, 1.807) is 6.07 Å². The first-order chi connectivity index (χ1) is 9.02. The average Bonchev–Trinajstić information content (AvgIpc) is 2.72. The second-order valence-electron chi connectivity index (χ2n) is 5.38. The number of hydrogen-bond acceptors (Lipinski definition) is 4. The van der Waals surface area contributed by atoms with Gasteiger partial charge in [0, 0.05) is 18.2 Å². The molecule has 0 bridgehead atoms. The minimum atomic E-state index is -0.425. The summed E-state index contributed by atoms with van der Waals surface area (Å²) in [5.41, 5.74) is 7.17. The molecule has 3 unspecified atom stereocenters. The number of nitrogens with zero attached hydrogens (tertiary/aromatic N) is 1. The van der Waals surface area contributed by atoms with Gasteiger partial charge in [-0.25, -0.2) is 0 Å². The van der Waals surface area contributed by atoms with Crippen LogP contribution in [0.25, 0.3) is 0 Å². The number of non-ortho nitro benzene ring substituents is 1.